The Labute approximate surface area is 227 Å². The van der Waals surface area contributed by atoms with Crippen LogP contribution in [0.4, 0.5) is 22.1 Å². The molecule has 0 unspecified atom stereocenters. The second-order valence-corrected chi connectivity index (χ2v) is 10.6. The highest BCUT2D eigenvalue weighted by Gasteiger charge is 2.18. The first-order valence-corrected chi connectivity index (χ1v) is 12.8. The third-order valence-corrected chi connectivity index (χ3v) is 6.43. The minimum absolute atomic E-state index is 0.110. The van der Waals surface area contributed by atoms with Crippen LogP contribution in [0.3, 0.4) is 0 Å². The van der Waals surface area contributed by atoms with Gasteiger partial charge in [0.15, 0.2) is 0 Å². The summed E-state index contributed by atoms with van der Waals surface area (Å²) in [4.78, 5) is 16.6. The van der Waals surface area contributed by atoms with Crippen molar-refractivity contribution in [3.63, 3.8) is 0 Å². The molecule has 2 aliphatic carbocycles. The van der Waals surface area contributed by atoms with E-state index in [1.165, 1.54) is 16.7 Å². The minimum Gasteiger partial charge on any atom is -0.488 e. The van der Waals surface area contributed by atoms with Gasteiger partial charge in [0.05, 0.1) is 11.4 Å². The highest BCUT2D eigenvalue weighted by atomic mass is 16.5. The Morgan fingerprint density at radius 3 is 2.38 bits per heavy atom. The molecule has 5 N–H and O–H groups in total. The third-order valence-electron chi connectivity index (χ3n) is 6.43. The maximum atomic E-state index is 12.6. The number of carbonyl (C=O) groups excluding carboxylic acids is 1. The maximum Gasteiger partial charge on any atom is 0.324 e. The second kappa shape index (κ2) is 10.5. The van der Waals surface area contributed by atoms with Crippen LogP contribution < -0.4 is 21.1 Å². The average Bonchev–Trinajstić information content (AvgIpc) is 3.38. The predicted octanol–water partition coefficient (Wildman–Crippen LogP) is 7.04. The molecule has 0 bridgehead atoms. The first-order chi connectivity index (χ1) is 18.7. The Bertz CT molecular complexity index is 1650. The number of nitrogens with zero attached hydrogens (tertiary/aromatic N) is 2. The van der Waals surface area contributed by atoms with E-state index in [0.717, 1.165) is 22.0 Å². The molecule has 2 heterocycles. The van der Waals surface area contributed by atoms with Crippen LogP contribution in [0.25, 0.3) is 21.9 Å². The van der Waals surface area contributed by atoms with Gasteiger partial charge in [-0.15, -0.1) is 0 Å². The number of aromatic amines is 1. The molecular formula is C31H32N6O2. The van der Waals surface area contributed by atoms with Crippen molar-refractivity contribution < 1.29 is 9.53 Å². The predicted molar refractivity (Wildman–Crippen MR) is 157 cm³/mol. The molecule has 8 heteroatoms. The van der Waals surface area contributed by atoms with Gasteiger partial charge in [0.1, 0.15) is 24.0 Å². The number of H-pyrrole nitrogens is 1. The number of anilines is 3. The summed E-state index contributed by atoms with van der Waals surface area (Å²) in [5.74, 6) is 1.70. The summed E-state index contributed by atoms with van der Waals surface area (Å²) in [5, 5.41) is 14.6. The van der Waals surface area contributed by atoms with E-state index in [1.54, 1.807) is 12.3 Å². The van der Waals surface area contributed by atoms with Gasteiger partial charge in [-0.05, 0) is 59.5 Å². The number of hydrogen-bond donors (Lipinski definition) is 4. The van der Waals surface area contributed by atoms with Crippen LogP contribution in [0.2, 0.25) is 0 Å². The lowest BCUT2D eigenvalue weighted by molar-refractivity contribution is 0.262. The first kappa shape index (κ1) is 25.8. The van der Waals surface area contributed by atoms with Gasteiger partial charge in [-0.25, -0.2) is 9.78 Å². The molecule has 0 atom stereocenters. The number of pyridine rings is 1. The number of aryl methyl sites for hydroxylation is 1. The normalized spacial score (nSPS) is 11.4. The fourth-order valence-corrected chi connectivity index (χ4v) is 4.20. The van der Waals surface area contributed by atoms with Gasteiger partial charge in [-0.1, -0.05) is 57.2 Å². The number of carbonyl (C=O) groups is 1. The largest absolute Gasteiger partial charge is 0.488 e. The monoisotopic (exact) mass is 520 g/mol. The van der Waals surface area contributed by atoms with Crippen LogP contribution in [-0.2, 0) is 12.0 Å². The molecule has 2 aromatic heterocycles. The summed E-state index contributed by atoms with van der Waals surface area (Å²) >= 11 is 0. The van der Waals surface area contributed by atoms with Crippen molar-refractivity contribution in [2.75, 3.05) is 16.4 Å². The molecular weight excluding hydrogens is 488 g/mol. The zero-order valence-electron chi connectivity index (χ0n) is 22.5. The zero-order chi connectivity index (χ0) is 27.6. The Morgan fingerprint density at radius 2 is 1.77 bits per heavy atom. The van der Waals surface area contributed by atoms with E-state index in [9.17, 15) is 4.79 Å². The van der Waals surface area contributed by atoms with Crippen molar-refractivity contribution in [3.05, 3.63) is 95.8 Å². The van der Waals surface area contributed by atoms with Crippen molar-refractivity contribution in [2.24, 2.45) is 0 Å². The van der Waals surface area contributed by atoms with Crippen LogP contribution in [-0.4, -0.2) is 21.2 Å². The van der Waals surface area contributed by atoms with E-state index >= 15 is 0 Å². The quantitative estimate of drug-likeness (QED) is 0.194. The number of aromatic nitrogens is 3. The van der Waals surface area contributed by atoms with Crippen LogP contribution >= 0.6 is 0 Å². The second-order valence-electron chi connectivity index (χ2n) is 10.6. The van der Waals surface area contributed by atoms with E-state index in [1.807, 2.05) is 48.5 Å². The van der Waals surface area contributed by atoms with Gasteiger partial charge in [0.2, 0.25) is 0 Å². The molecule has 0 aliphatic heterocycles. The number of fused-ring (bicyclic) bond motifs is 2. The molecule has 0 saturated heterocycles. The number of ether oxygens (including phenoxy) is 1. The molecule has 0 fully saturated rings. The molecule has 2 amide bonds. The SMILES string of the molecule is CC(C)(C)c1cc(NC(=O)Nc2ccc(OCc3ccnc(N)c3)c3ccccc23)[nH]n1.Cc1ccc2cc1-2. The van der Waals surface area contributed by atoms with E-state index in [2.05, 4.69) is 71.7 Å². The Balaban J connectivity index is 0.000000376. The summed E-state index contributed by atoms with van der Waals surface area (Å²) in [5.41, 5.74) is 12.4. The smallest absolute Gasteiger partial charge is 0.324 e. The fourth-order valence-electron chi connectivity index (χ4n) is 4.20. The summed E-state index contributed by atoms with van der Waals surface area (Å²) in [7, 11) is 0. The number of amides is 2. The first-order valence-electron chi connectivity index (χ1n) is 12.8. The topological polar surface area (TPSA) is 118 Å². The number of benzene rings is 3. The van der Waals surface area contributed by atoms with E-state index in [0.29, 0.717) is 29.7 Å². The van der Waals surface area contributed by atoms with E-state index in [-0.39, 0.29) is 11.4 Å². The highest BCUT2D eigenvalue weighted by molar-refractivity contribution is 6.07. The number of rotatable bonds is 5. The zero-order valence-corrected chi connectivity index (χ0v) is 22.5. The van der Waals surface area contributed by atoms with Gasteiger partial charge in [0.25, 0.3) is 0 Å². The molecule has 39 heavy (non-hydrogen) atoms. The van der Waals surface area contributed by atoms with Crippen molar-refractivity contribution in [1.82, 2.24) is 15.2 Å². The van der Waals surface area contributed by atoms with Crippen molar-refractivity contribution >= 4 is 34.1 Å². The Hall–Kier alpha value is -4.85. The molecule has 6 rings (SSSR count). The van der Waals surface area contributed by atoms with Gasteiger partial charge < -0.3 is 15.8 Å². The van der Waals surface area contributed by atoms with Crippen molar-refractivity contribution in [1.29, 1.82) is 0 Å². The lowest BCUT2D eigenvalue weighted by Gasteiger charge is -2.14. The number of nitrogens with one attached hydrogen (secondary N) is 3. The summed E-state index contributed by atoms with van der Waals surface area (Å²) in [6.45, 7) is 8.69. The van der Waals surface area contributed by atoms with Crippen LogP contribution in [0, 0.1) is 6.92 Å². The number of nitrogens with two attached hydrogens (primary N) is 1. The highest BCUT2D eigenvalue weighted by Crippen LogP contribution is 2.37. The number of urea groups is 1. The van der Waals surface area contributed by atoms with Crippen LogP contribution in [0.1, 0.15) is 37.6 Å². The molecule has 2 aliphatic rings. The summed E-state index contributed by atoms with van der Waals surface area (Å²) < 4.78 is 6.03. The van der Waals surface area contributed by atoms with Crippen molar-refractivity contribution in [2.45, 2.75) is 39.7 Å². The average molecular weight is 521 g/mol. The molecule has 198 valence electrons. The van der Waals surface area contributed by atoms with Gasteiger partial charge in [-0.3, -0.25) is 10.4 Å². The minimum atomic E-state index is -0.361. The molecule has 2 aromatic carbocycles. The van der Waals surface area contributed by atoms with Crippen LogP contribution in [0.5, 0.6) is 5.75 Å². The van der Waals surface area contributed by atoms with Gasteiger partial charge in [-0.2, -0.15) is 5.10 Å². The summed E-state index contributed by atoms with van der Waals surface area (Å²) in [6.07, 6.45) is 1.65. The molecule has 0 radical (unpaired) electrons. The van der Waals surface area contributed by atoms with E-state index < -0.39 is 0 Å². The van der Waals surface area contributed by atoms with Gasteiger partial charge >= 0.3 is 6.03 Å². The molecule has 0 saturated carbocycles. The third kappa shape index (κ3) is 6.18. The Kier molecular flexibility index (Phi) is 6.94. The molecule has 4 aromatic rings. The van der Waals surface area contributed by atoms with Crippen molar-refractivity contribution in [3.8, 4) is 16.9 Å². The lowest BCUT2D eigenvalue weighted by atomic mass is 9.92. The fraction of sp³-hybridized carbons (Fsp3) is 0.194. The Morgan fingerprint density at radius 1 is 0.974 bits per heavy atom. The molecule has 8 nitrogen and oxygen atoms in total. The summed E-state index contributed by atoms with van der Waals surface area (Å²) in [6, 6.07) is 23.1. The van der Waals surface area contributed by atoms with E-state index in [4.69, 9.17) is 10.5 Å². The lowest BCUT2D eigenvalue weighted by Crippen LogP contribution is -2.19. The molecule has 0 spiro atoms. The number of nitrogen functional groups attached to an aromatic ring is 1. The standard InChI is InChI=1S/C24H26N6O2.C7H6/c1-24(2,3)20-13-22(30-29-20)28-23(31)27-18-8-9-19(17-7-5-4-6-16(17)18)32-14-15-10-11-26-21(25)12-15;1-5-2-3-6-4-7(5)6/h4-13H,14H2,1-3H3,(H2,25,26)(H3,27,28,29,30,31);2-4H,1H3. The van der Waals surface area contributed by atoms with Crippen LogP contribution in [0.15, 0.2) is 79.0 Å². The maximum absolute atomic E-state index is 12.6. The number of hydrogen-bond acceptors (Lipinski definition) is 5. The van der Waals surface area contributed by atoms with Gasteiger partial charge in [0, 0.05) is 28.5 Å².